The molecule has 1 atom stereocenters. The van der Waals surface area contributed by atoms with Crippen LogP contribution in [0.4, 0.5) is 0 Å². The smallest absolute Gasteiger partial charge is 0.356 e. The largest absolute Gasteiger partial charge is 0.459 e. The molecule has 0 spiro atoms. The lowest BCUT2D eigenvalue weighted by atomic mass is 10.3. The standard InChI is InChI=1S/C7H15N3O2/c1-3-4-5(2)12-6(11)7(8,9)10/h3,5H,1,4,8-10H2,2H3. The Kier molecular flexibility index (Phi) is 3.88. The molecule has 0 saturated heterocycles. The van der Waals surface area contributed by atoms with E-state index in [1.807, 2.05) is 0 Å². The van der Waals surface area contributed by atoms with Crippen LogP contribution in [-0.4, -0.2) is 17.9 Å². The SMILES string of the molecule is C=CCC(C)OC(=O)C(N)(N)N. The van der Waals surface area contributed by atoms with Crippen LogP contribution in [0.3, 0.4) is 0 Å². The quantitative estimate of drug-likeness (QED) is 0.288. The summed E-state index contributed by atoms with van der Waals surface area (Å²) < 4.78 is 4.77. The van der Waals surface area contributed by atoms with E-state index in [4.69, 9.17) is 21.9 Å². The number of hydrogen-bond acceptors (Lipinski definition) is 5. The highest BCUT2D eigenvalue weighted by molar-refractivity contribution is 5.78. The molecule has 1 unspecified atom stereocenters. The molecule has 0 aromatic carbocycles. The Morgan fingerprint density at radius 3 is 2.50 bits per heavy atom. The first-order valence-corrected chi connectivity index (χ1v) is 3.56. The summed E-state index contributed by atoms with van der Waals surface area (Å²) in [6, 6.07) is 0. The zero-order chi connectivity index (χ0) is 9.78. The van der Waals surface area contributed by atoms with E-state index in [2.05, 4.69) is 6.58 Å². The number of carbonyl (C=O) groups is 1. The van der Waals surface area contributed by atoms with Gasteiger partial charge in [-0.3, -0.25) is 17.2 Å². The molecule has 0 saturated carbocycles. The van der Waals surface area contributed by atoms with Gasteiger partial charge in [0.2, 0.25) is 5.79 Å². The van der Waals surface area contributed by atoms with E-state index >= 15 is 0 Å². The fraction of sp³-hybridized carbons (Fsp3) is 0.571. The van der Waals surface area contributed by atoms with E-state index in [9.17, 15) is 4.79 Å². The molecule has 0 aliphatic heterocycles. The van der Waals surface area contributed by atoms with Crippen molar-refractivity contribution in [1.82, 2.24) is 0 Å². The van der Waals surface area contributed by atoms with Crippen molar-refractivity contribution in [3.63, 3.8) is 0 Å². The summed E-state index contributed by atoms with van der Waals surface area (Å²) in [5.74, 6) is -2.73. The van der Waals surface area contributed by atoms with Crippen LogP contribution in [0.5, 0.6) is 0 Å². The van der Waals surface area contributed by atoms with Gasteiger partial charge in [0.15, 0.2) is 0 Å². The number of ether oxygens (including phenoxy) is 1. The number of rotatable bonds is 4. The molecule has 6 N–H and O–H groups in total. The minimum Gasteiger partial charge on any atom is -0.459 e. The molecule has 0 bridgehead atoms. The van der Waals surface area contributed by atoms with Crippen LogP contribution in [0, 0.1) is 0 Å². The number of nitrogens with two attached hydrogens (primary N) is 3. The topological polar surface area (TPSA) is 104 Å². The molecule has 5 heteroatoms. The summed E-state index contributed by atoms with van der Waals surface area (Å²) in [7, 11) is 0. The third-order valence-corrected chi connectivity index (χ3v) is 1.16. The number of esters is 1. The number of carbonyl (C=O) groups excluding carboxylic acids is 1. The number of hydrogen-bond donors (Lipinski definition) is 3. The molecular weight excluding hydrogens is 158 g/mol. The fourth-order valence-corrected chi connectivity index (χ4v) is 0.568. The van der Waals surface area contributed by atoms with Gasteiger partial charge in [0, 0.05) is 6.42 Å². The monoisotopic (exact) mass is 173 g/mol. The van der Waals surface area contributed by atoms with Gasteiger partial charge < -0.3 is 4.74 Å². The minimum absolute atomic E-state index is 0.301. The summed E-state index contributed by atoms with van der Waals surface area (Å²) in [5, 5.41) is 0. The second kappa shape index (κ2) is 4.20. The van der Waals surface area contributed by atoms with E-state index < -0.39 is 11.8 Å². The highest BCUT2D eigenvalue weighted by Gasteiger charge is 2.26. The van der Waals surface area contributed by atoms with Crippen LogP contribution in [0.15, 0.2) is 12.7 Å². The van der Waals surface area contributed by atoms with Crippen LogP contribution < -0.4 is 17.2 Å². The molecule has 0 radical (unpaired) electrons. The van der Waals surface area contributed by atoms with Crippen molar-refractivity contribution in [2.75, 3.05) is 0 Å². The molecule has 12 heavy (non-hydrogen) atoms. The summed E-state index contributed by atoms with van der Waals surface area (Å²) >= 11 is 0. The third kappa shape index (κ3) is 4.07. The molecule has 5 nitrogen and oxygen atoms in total. The van der Waals surface area contributed by atoms with E-state index in [0.717, 1.165) is 0 Å². The van der Waals surface area contributed by atoms with Gasteiger partial charge in [-0.1, -0.05) is 6.08 Å². The Bertz CT molecular complexity index is 174. The van der Waals surface area contributed by atoms with Gasteiger partial charge in [-0.15, -0.1) is 6.58 Å². The Balaban J connectivity index is 3.92. The van der Waals surface area contributed by atoms with E-state index in [0.29, 0.717) is 6.42 Å². The summed E-state index contributed by atoms with van der Waals surface area (Å²) in [4.78, 5) is 10.9. The Hall–Kier alpha value is -0.910. The van der Waals surface area contributed by atoms with Gasteiger partial charge in [0.1, 0.15) is 6.10 Å². The van der Waals surface area contributed by atoms with Gasteiger partial charge in [-0.2, -0.15) is 0 Å². The van der Waals surface area contributed by atoms with Crippen molar-refractivity contribution in [3.8, 4) is 0 Å². The van der Waals surface area contributed by atoms with Crippen LogP contribution in [0.1, 0.15) is 13.3 Å². The maximum atomic E-state index is 10.9. The molecular formula is C7H15N3O2. The summed E-state index contributed by atoms with van der Waals surface area (Å²) in [6.07, 6.45) is 1.87. The van der Waals surface area contributed by atoms with Crippen molar-refractivity contribution in [1.29, 1.82) is 0 Å². The highest BCUT2D eigenvalue weighted by Crippen LogP contribution is 1.99. The molecule has 0 heterocycles. The molecule has 0 aliphatic carbocycles. The van der Waals surface area contributed by atoms with E-state index in [1.165, 1.54) is 0 Å². The average molecular weight is 173 g/mol. The molecule has 0 aliphatic rings. The van der Waals surface area contributed by atoms with Gasteiger partial charge in [-0.05, 0) is 6.92 Å². The average Bonchev–Trinajstić information content (AvgIpc) is 1.85. The fourth-order valence-electron chi connectivity index (χ4n) is 0.568. The predicted octanol–water partition coefficient (Wildman–Crippen LogP) is -0.976. The molecule has 0 amide bonds. The van der Waals surface area contributed by atoms with Crippen molar-refractivity contribution in [3.05, 3.63) is 12.7 Å². The highest BCUT2D eigenvalue weighted by atomic mass is 16.5. The summed E-state index contributed by atoms with van der Waals surface area (Å²) in [6.45, 7) is 5.18. The minimum atomic E-state index is -1.91. The van der Waals surface area contributed by atoms with Gasteiger partial charge in [-0.25, -0.2) is 4.79 Å². The van der Waals surface area contributed by atoms with Crippen LogP contribution in [-0.2, 0) is 9.53 Å². The Morgan fingerprint density at radius 1 is 1.67 bits per heavy atom. The van der Waals surface area contributed by atoms with Crippen LogP contribution in [0.25, 0.3) is 0 Å². The van der Waals surface area contributed by atoms with Gasteiger partial charge in [0.05, 0.1) is 0 Å². The maximum absolute atomic E-state index is 10.9. The molecule has 0 fully saturated rings. The van der Waals surface area contributed by atoms with Crippen molar-refractivity contribution < 1.29 is 9.53 Å². The third-order valence-electron chi connectivity index (χ3n) is 1.16. The van der Waals surface area contributed by atoms with E-state index in [1.54, 1.807) is 13.0 Å². The molecule has 0 aromatic heterocycles. The van der Waals surface area contributed by atoms with Crippen molar-refractivity contribution in [2.24, 2.45) is 17.2 Å². The normalized spacial score (nSPS) is 13.7. The van der Waals surface area contributed by atoms with E-state index in [-0.39, 0.29) is 6.10 Å². The van der Waals surface area contributed by atoms with Gasteiger partial charge >= 0.3 is 5.97 Å². The maximum Gasteiger partial charge on any atom is 0.356 e. The lowest BCUT2D eigenvalue weighted by Gasteiger charge is -2.19. The van der Waals surface area contributed by atoms with Crippen molar-refractivity contribution >= 4 is 5.97 Å². The molecule has 0 aromatic rings. The zero-order valence-corrected chi connectivity index (χ0v) is 7.12. The second-order valence-electron chi connectivity index (χ2n) is 2.67. The lowest BCUT2D eigenvalue weighted by Crippen LogP contribution is -2.65. The predicted molar refractivity (Wildman–Crippen MR) is 45.7 cm³/mol. The lowest BCUT2D eigenvalue weighted by molar-refractivity contribution is -0.154. The molecule has 70 valence electrons. The second-order valence-corrected chi connectivity index (χ2v) is 2.67. The van der Waals surface area contributed by atoms with Crippen LogP contribution in [0.2, 0.25) is 0 Å². The zero-order valence-electron chi connectivity index (χ0n) is 7.12. The van der Waals surface area contributed by atoms with Gasteiger partial charge in [0.25, 0.3) is 0 Å². The first kappa shape index (κ1) is 11.1. The van der Waals surface area contributed by atoms with Crippen molar-refractivity contribution in [2.45, 2.75) is 25.2 Å². The Morgan fingerprint density at radius 2 is 2.17 bits per heavy atom. The Labute approximate surface area is 71.5 Å². The molecule has 0 rings (SSSR count). The van der Waals surface area contributed by atoms with Crippen LogP contribution >= 0.6 is 0 Å². The first-order chi connectivity index (χ1) is 5.38. The first-order valence-electron chi connectivity index (χ1n) is 3.56. The summed E-state index contributed by atoms with van der Waals surface area (Å²) in [5.41, 5.74) is 15.2.